The molecule has 4 heteroatoms. The van der Waals surface area contributed by atoms with Crippen molar-refractivity contribution in [2.75, 3.05) is 11.5 Å². The molecule has 2 N–H and O–H groups in total. The van der Waals surface area contributed by atoms with Crippen molar-refractivity contribution in [1.82, 2.24) is 0 Å². The van der Waals surface area contributed by atoms with E-state index >= 15 is 0 Å². The van der Waals surface area contributed by atoms with Gasteiger partial charge in [0, 0.05) is 0 Å². The maximum Gasteiger partial charge on any atom is 0.229 e. The number of hydrogen-bond acceptors (Lipinski definition) is 3. The van der Waals surface area contributed by atoms with Crippen molar-refractivity contribution in [1.29, 1.82) is 0 Å². The highest BCUT2D eigenvalue weighted by molar-refractivity contribution is 14.1. The predicted molar refractivity (Wildman–Crippen MR) is 70.0 cm³/mol. The van der Waals surface area contributed by atoms with Crippen molar-refractivity contribution in [2.45, 2.75) is 24.5 Å². The lowest BCUT2D eigenvalue weighted by atomic mass is 9.97. The molecule has 1 saturated carbocycles. The maximum absolute atomic E-state index is 9.73. The number of hydrogen-bond donors (Lipinski definition) is 2. The van der Waals surface area contributed by atoms with Gasteiger partial charge in [0.1, 0.15) is 12.4 Å². The molecule has 0 saturated heterocycles. The Kier molecular flexibility index (Phi) is 3.42. The zero-order valence-corrected chi connectivity index (χ0v) is 11.3. The Morgan fingerprint density at radius 3 is 2.62 bits per heavy atom. The molecular weight excluding hydrogens is 319 g/mol. The Balaban J connectivity index is 0.000000457. The lowest BCUT2D eigenvalue weighted by molar-refractivity contribution is -0.174. The van der Waals surface area contributed by atoms with Crippen LogP contribution in [0.2, 0.25) is 0 Å². The average molecular weight is 334 g/mol. The maximum atomic E-state index is 9.73. The van der Waals surface area contributed by atoms with Gasteiger partial charge in [-0.2, -0.15) is 0 Å². The molecule has 0 spiro atoms. The molecule has 1 fully saturated rings. The minimum Gasteiger partial charge on any atom is -0.487 e. The summed E-state index contributed by atoms with van der Waals surface area (Å²) in [4.78, 5) is 1.97. The Morgan fingerprint density at radius 2 is 2.00 bits per heavy atom. The van der Waals surface area contributed by atoms with E-state index in [-0.39, 0.29) is 6.61 Å². The van der Waals surface area contributed by atoms with Crippen LogP contribution in [-0.4, -0.2) is 21.8 Å². The smallest absolute Gasteiger partial charge is 0.229 e. The van der Waals surface area contributed by atoms with Gasteiger partial charge >= 0.3 is 0 Å². The lowest BCUT2D eigenvalue weighted by Gasteiger charge is -2.16. The van der Waals surface area contributed by atoms with Crippen molar-refractivity contribution in [2.24, 2.45) is 0 Å². The van der Waals surface area contributed by atoms with E-state index in [0.717, 1.165) is 18.4 Å². The average Bonchev–Trinajstić information content (AvgIpc) is 3.08. The Bertz CT molecular complexity index is 386. The molecular formula is C12H15IO3. The van der Waals surface area contributed by atoms with Crippen molar-refractivity contribution in [3.05, 3.63) is 29.3 Å². The molecule has 1 aliphatic carbocycles. The first-order valence-corrected chi connectivity index (χ1v) is 7.43. The molecule has 0 atom stereocenters. The van der Waals surface area contributed by atoms with Crippen molar-refractivity contribution >= 4 is 22.6 Å². The number of aliphatic hydroxyl groups is 2. The fourth-order valence-corrected chi connectivity index (χ4v) is 2.08. The molecule has 3 rings (SSSR count). The molecule has 0 aromatic heterocycles. The van der Waals surface area contributed by atoms with Crippen LogP contribution in [0.25, 0.3) is 0 Å². The third-order valence-electron chi connectivity index (χ3n) is 2.90. The summed E-state index contributed by atoms with van der Waals surface area (Å²) in [7, 11) is 0. The second kappa shape index (κ2) is 4.50. The van der Waals surface area contributed by atoms with Crippen LogP contribution < -0.4 is 4.74 Å². The van der Waals surface area contributed by atoms with Crippen LogP contribution in [0.3, 0.4) is 0 Å². The molecule has 1 aromatic carbocycles. The number of ether oxygens (including phenoxy) is 1. The fraction of sp³-hybridized carbons (Fsp3) is 0.500. The van der Waals surface area contributed by atoms with Gasteiger partial charge < -0.3 is 14.9 Å². The Morgan fingerprint density at radius 1 is 1.31 bits per heavy atom. The monoisotopic (exact) mass is 334 g/mol. The first-order valence-electron chi connectivity index (χ1n) is 5.27. The summed E-state index contributed by atoms with van der Waals surface area (Å²) in [6.45, 7) is -0.0495. The third kappa shape index (κ3) is 2.06. The molecule has 0 bridgehead atoms. The molecule has 1 heterocycles. The zero-order valence-electron chi connectivity index (χ0n) is 9.11. The molecule has 0 unspecified atom stereocenters. The Hall–Kier alpha value is -0.330. The van der Waals surface area contributed by atoms with E-state index in [1.165, 1.54) is 0 Å². The zero-order chi connectivity index (χ0) is 11.8. The molecule has 3 nitrogen and oxygen atoms in total. The van der Waals surface area contributed by atoms with Gasteiger partial charge in [-0.15, -0.1) is 0 Å². The largest absolute Gasteiger partial charge is 0.487 e. The summed E-state index contributed by atoms with van der Waals surface area (Å²) in [6.07, 6.45) is 2.29. The summed E-state index contributed by atoms with van der Waals surface area (Å²) in [5.74, 6) is -0.654. The second-order valence-electron chi connectivity index (χ2n) is 4.10. The minimum atomic E-state index is -1.78. The van der Waals surface area contributed by atoms with Gasteiger partial charge in [0.2, 0.25) is 5.79 Å². The summed E-state index contributed by atoms with van der Waals surface area (Å²) >= 11 is 2.15. The second-order valence-corrected chi connectivity index (χ2v) is 4.10. The van der Waals surface area contributed by atoms with E-state index in [9.17, 15) is 10.2 Å². The van der Waals surface area contributed by atoms with Gasteiger partial charge in [0.25, 0.3) is 0 Å². The van der Waals surface area contributed by atoms with Crippen LogP contribution >= 0.6 is 22.6 Å². The number of benzene rings is 1. The van der Waals surface area contributed by atoms with Gasteiger partial charge in [0.15, 0.2) is 0 Å². The van der Waals surface area contributed by atoms with Crippen LogP contribution in [0.1, 0.15) is 29.9 Å². The van der Waals surface area contributed by atoms with Crippen LogP contribution in [0.15, 0.2) is 18.2 Å². The van der Waals surface area contributed by atoms with Crippen molar-refractivity contribution in [3.63, 3.8) is 0 Å². The number of rotatable bonds is 1. The van der Waals surface area contributed by atoms with E-state index in [4.69, 9.17) is 4.74 Å². The van der Waals surface area contributed by atoms with Gasteiger partial charge in [0.05, 0.1) is 5.56 Å². The van der Waals surface area contributed by atoms with Gasteiger partial charge in [-0.3, -0.25) is 0 Å². The first kappa shape index (κ1) is 12.1. The highest BCUT2D eigenvalue weighted by Gasteiger charge is 2.41. The van der Waals surface area contributed by atoms with Crippen LogP contribution in [0, 0.1) is 0 Å². The molecule has 0 radical (unpaired) electrons. The van der Waals surface area contributed by atoms with E-state index in [1.54, 1.807) is 6.07 Å². The quantitative estimate of drug-likeness (QED) is 0.470. The highest BCUT2D eigenvalue weighted by Crippen LogP contribution is 2.48. The SMILES string of the molecule is CI.OC1(O)COc2cccc(C3CC3)c21. The first-order chi connectivity index (χ1) is 7.68. The van der Waals surface area contributed by atoms with E-state index < -0.39 is 5.79 Å². The summed E-state index contributed by atoms with van der Waals surface area (Å²) in [5.41, 5.74) is 1.63. The van der Waals surface area contributed by atoms with Crippen LogP contribution in [0.5, 0.6) is 5.75 Å². The number of alkyl halides is 1. The van der Waals surface area contributed by atoms with Crippen molar-refractivity contribution in [3.8, 4) is 5.75 Å². The van der Waals surface area contributed by atoms with E-state index in [1.807, 2.05) is 17.1 Å². The minimum absolute atomic E-state index is 0.0495. The summed E-state index contributed by atoms with van der Waals surface area (Å²) in [5, 5.41) is 19.5. The summed E-state index contributed by atoms with van der Waals surface area (Å²) in [6, 6.07) is 5.66. The Labute approximate surface area is 109 Å². The predicted octanol–water partition coefficient (Wildman–Crippen LogP) is 2.14. The van der Waals surface area contributed by atoms with Crippen LogP contribution in [-0.2, 0) is 5.79 Å². The summed E-state index contributed by atoms with van der Waals surface area (Å²) < 4.78 is 5.23. The molecule has 1 aliphatic heterocycles. The number of halogens is 1. The molecule has 0 amide bonds. The van der Waals surface area contributed by atoms with E-state index in [2.05, 4.69) is 22.6 Å². The van der Waals surface area contributed by atoms with Gasteiger partial charge in [-0.05, 0) is 35.3 Å². The topological polar surface area (TPSA) is 49.7 Å². The molecule has 88 valence electrons. The highest BCUT2D eigenvalue weighted by atomic mass is 127. The van der Waals surface area contributed by atoms with Gasteiger partial charge in [-0.25, -0.2) is 0 Å². The lowest BCUT2D eigenvalue weighted by Crippen LogP contribution is -2.27. The van der Waals surface area contributed by atoms with Gasteiger partial charge in [-0.1, -0.05) is 34.7 Å². The number of fused-ring (bicyclic) bond motifs is 1. The van der Waals surface area contributed by atoms with Crippen molar-refractivity contribution < 1.29 is 14.9 Å². The van der Waals surface area contributed by atoms with E-state index in [0.29, 0.717) is 17.2 Å². The van der Waals surface area contributed by atoms with Crippen LogP contribution in [0.4, 0.5) is 0 Å². The molecule has 16 heavy (non-hydrogen) atoms. The molecule has 2 aliphatic rings. The molecule has 1 aromatic rings. The fourth-order valence-electron chi connectivity index (χ4n) is 2.08. The standard InChI is InChI=1S/C11H12O3.CH3I/c12-11(13)6-14-9-3-1-2-8(10(9)11)7-4-5-7;1-2/h1-3,7,12-13H,4-6H2;1H3. The normalized spacial score (nSPS) is 20.5. The third-order valence-corrected chi connectivity index (χ3v) is 2.90.